The van der Waals surface area contributed by atoms with E-state index in [1.54, 1.807) is 4.90 Å². The Morgan fingerprint density at radius 2 is 1.76 bits per heavy atom. The van der Waals surface area contributed by atoms with E-state index in [0.29, 0.717) is 32.7 Å². The van der Waals surface area contributed by atoms with Gasteiger partial charge in [0.2, 0.25) is 11.8 Å². The minimum absolute atomic E-state index is 0.0484. The first-order valence-electron chi connectivity index (χ1n) is 10.3. The van der Waals surface area contributed by atoms with Crippen LogP contribution in [0.15, 0.2) is 54.6 Å². The fraction of sp³-hybridized carbons (Fsp3) is 0.417. The molecule has 3 rings (SSSR count). The van der Waals surface area contributed by atoms with Crippen LogP contribution in [0.4, 0.5) is 0 Å². The quantitative estimate of drug-likeness (QED) is 0.710. The largest absolute Gasteiger partial charge is 0.374 e. The van der Waals surface area contributed by atoms with Crippen molar-refractivity contribution < 1.29 is 14.3 Å². The summed E-state index contributed by atoms with van der Waals surface area (Å²) in [5.41, 5.74) is 3.36. The van der Waals surface area contributed by atoms with E-state index in [2.05, 4.69) is 17.4 Å². The zero-order valence-corrected chi connectivity index (χ0v) is 17.3. The van der Waals surface area contributed by atoms with E-state index < -0.39 is 0 Å². The lowest BCUT2D eigenvalue weighted by Crippen LogP contribution is -2.33. The number of likely N-dealkylation sites (tertiary alicyclic amines) is 1. The van der Waals surface area contributed by atoms with Gasteiger partial charge in [-0.1, -0.05) is 54.6 Å². The number of hydrogen-bond acceptors (Lipinski definition) is 3. The molecular weight excluding hydrogens is 364 g/mol. The number of amides is 2. The van der Waals surface area contributed by atoms with Crippen LogP contribution in [0.3, 0.4) is 0 Å². The molecule has 29 heavy (non-hydrogen) atoms. The van der Waals surface area contributed by atoms with E-state index in [1.165, 1.54) is 5.56 Å². The molecule has 0 radical (unpaired) electrons. The molecule has 0 aliphatic carbocycles. The summed E-state index contributed by atoms with van der Waals surface area (Å²) >= 11 is 0. The third kappa shape index (κ3) is 6.43. The molecule has 0 spiro atoms. The maximum atomic E-state index is 12.5. The van der Waals surface area contributed by atoms with Gasteiger partial charge in [-0.3, -0.25) is 9.59 Å². The summed E-state index contributed by atoms with van der Waals surface area (Å²) < 4.78 is 5.60. The molecule has 5 heteroatoms. The van der Waals surface area contributed by atoms with Gasteiger partial charge in [0.05, 0.1) is 18.6 Å². The van der Waals surface area contributed by atoms with Gasteiger partial charge in [-0.15, -0.1) is 0 Å². The highest BCUT2D eigenvalue weighted by Gasteiger charge is 2.33. The molecule has 0 bridgehead atoms. The number of rotatable bonds is 9. The van der Waals surface area contributed by atoms with Crippen LogP contribution >= 0.6 is 0 Å². The lowest BCUT2D eigenvalue weighted by Gasteiger charge is -2.16. The van der Waals surface area contributed by atoms with Crippen molar-refractivity contribution in [2.24, 2.45) is 5.92 Å². The summed E-state index contributed by atoms with van der Waals surface area (Å²) in [5.74, 6) is -0.250. The van der Waals surface area contributed by atoms with Crippen LogP contribution in [0.25, 0.3) is 0 Å². The second-order valence-corrected chi connectivity index (χ2v) is 7.87. The Morgan fingerprint density at radius 3 is 2.45 bits per heavy atom. The van der Waals surface area contributed by atoms with Gasteiger partial charge in [-0.05, 0) is 37.0 Å². The van der Waals surface area contributed by atoms with Gasteiger partial charge in [0.1, 0.15) is 0 Å². The zero-order valence-electron chi connectivity index (χ0n) is 17.3. The molecule has 154 valence electrons. The Bertz CT molecular complexity index is 803. The molecule has 2 amide bonds. The van der Waals surface area contributed by atoms with Gasteiger partial charge >= 0.3 is 0 Å². The SMILES string of the molecule is CC(C)OCc1ccc(CNC(=O)C2CC(=O)N(CCc3ccccc3)C2)cc1. The Labute approximate surface area is 173 Å². The Morgan fingerprint density at radius 1 is 1.07 bits per heavy atom. The molecule has 0 saturated carbocycles. The molecule has 1 aliphatic rings. The number of nitrogens with one attached hydrogen (secondary N) is 1. The van der Waals surface area contributed by atoms with Crippen LogP contribution in [-0.4, -0.2) is 35.9 Å². The van der Waals surface area contributed by atoms with E-state index in [4.69, 9.17) is 4.74 Å². The topological polar surface area (TPSA) is 58.6 Å². The van der Waals surface area contributed by atoms with E-state index in [1.807, 2.05) is 56.3 Å². The van der Waals surface area contributed by atoms with Crippen molar-refractivity contribution in [3.63, 3.8) is 0 Å². The average molecular weight is 395 g/mol. The molecule has 1 atom stereocenters. The minimum atomic E-state index is -0.267. The summed E-state index contributed by atoms with van der Waals surface area (Å²) in [6.45, 7) is 6.25. The minimum Gasteiger partial charge on any atom is -0.374 e. The molecule has 1 heterocycles. The van der Waals surface area contributed by atoms with Crippen LogP contribution in [0.5, 0.6) is 0 Å². The maximum absolute atomic E-state index is 12.5. The maximum Gasteiger partial charge on any atom is 0.225 e. The highest BCUT2D eigenvalue weighted by Crippen LogP contribution is 2.19. The fourth-order valence-electron chi connectivity index (χ4n) is 3.42. The van der Waals surface area contributed by atoms with E-state index >= 15 is 0 Å². The predicted octanol–water partition coefficient (Wildman–Crippen LogP) is 3.32. The van der Waals surface area contributed by atoms with Crippen LogP contribution in [0, 0.1) is 5.92 Å². The smallest absolute Gasteiger partial charge is 0.225 e. The lowest BCUT2D eigenvalue weighted by molar-refractivity contribution is -0.129. The van der Waals surface area contributed by atoms with Crippen LogP contribution in [0.2, 0.25) is 0 Å². The van der Waals surface area contributed by atoms with Gasteiger partial charge in [0.25, 0.3) is 0 Å². The van der Waals surface area contributed by atoms with Gasteiger partial charge < -0.3 is 15.0 Å². The summed E-state index contributed by atoms with van der Waals surface area (Å²) in [4.78, 5) is 26.6. The normalized spacial score (nSPS) is 16.4. The fourth-order valence-corrected chi connectivity index (χ4v) is 3.42. The van der Waals surface area contributed by atoms with Gasteiger partial charge in [0.15, 0.2) is 0 Å². The number of ether oxygens (including phenoxy) is 1. The lowest BCUT2D eigenvalue weighted by atomic mass is 10.1. The second-order valence-electron chi connectivity index (χ2n) is 7.87. The number of carbonyl (C=O) groups is 2. The molecule has 1 fully saturated rings. The summed E-state index contributed by atoms with van der Waals surface area (Å²) in [6.07, 6.45) is 1.32. The van der Waals surface area contributed by atoms with Crippen molar-refractivity contribution in [3.8, 4) is 0 Å². The van der Waals surface area contributed by atoms with Crippen LogP contribution < -0.4 is 5.32 Å². The highest BCUT2D eigenvalue weighted by molar-refractivity contribution is 5.89. The van der Waals surface area contributed by atoms with Crippen molar-refractivity contribution in [3.05, 3.63) is 71.3 Å². The summed E-state index contributed by atoms with van der Waals surface area (Å²) in [5, 5.41) is 2.98. The zero-order chi connectivity index (χ0) is 20.6. The molecule has 2 aromatic carbocycles. The van der Waals surface area contributed by atoms with E-state index in [9.17, 15) is 9.59 Å². The van der Waals surface area contributed by atoms with E-state index in [-0.39, 0.29) is 23.8 Å². The Hall–Kier alpha value is -2.66. The first-order chi connectivity index (χ1) is 14.0. The van der Waals surface area contributed by atoms with Gasteiger partial charge in [0, 0.05) is 26.1 Å². The Kier molecular flexibility index (Phi) is 7.42. The molecule has 1 aliphatic heterocycles. The number of hydrogen-bond donors (Lipinski definition) is 1. The molecular formula is C24H30N2O3. The number of carbonyl (C=O) groups excluding carboxylic acids is 2. The summed E-state index contributed by atoms with van der Waals surface area (Å²) in [7, 11) is 0. The second kappa shape index (κ2) is 10.2. The summed E-state index contributed by atoms with van der Waals surface area (Å²) in [6, 6.07) is 18.2. The molecule has 1 unspecified atom stereocenters. The van der Waals surface area contributed by atoms with E-state index in [0.717, 1.165) is 17.5 Å². The Balaban J connectivity index is 1.43. The van der Waals surface area contributed by atoms with Gasteiger partial charge in [-0.25, -0.2) is 0 Å². The molecule has 0 aromatic heterocycles. The molecule has 5 nitrogen and oxygen atoms in total. The van der Waals surface area contributed by atoms with Crippen molar-refractivity contribution in [1.29, 1.82) is 0 Å². The first kappa shape index (κ1) is 21.1. The standard InChI is InChI=1S/C24H30N2O3/c1-18(2)29-17-21-10-8-20(9-11-21)15-25-24(28)22-14-23(27)26(16-22)13-12-19-6-4-3-5-7-19/h3-11,18,22H,12-17H2,1-2H3,(H,25,28). The molecule has 1 N–H and O–H groups in total. The molecule has 2 aromatic rings. The number of benzene rings is 2. The van der Waals surface area contributed by atoms with Crippen molar-refractivity contribution in [2.75, 3.05) is 13.1 Å². The molecule has 1 saturated heterocycles. The number of nitrogens with zero attached hydrogens (tertiary/aromatic N) is 1. The predicted molar refractivity (Wildman–Crippen MR) is 113 cm³/mol. The third-order valence-corrected chi connectivity index (χ3v) is 5.17. The monoisotopic (exact) mass is 394 g/mol. The van der Waals surface area contributed by atoms with Crippen molar-refractivity contribution in [1.82, 2.24) is 10.2 Å². The van der Waals surface area contributed by atoms with Crippen LogP contribution in [0.1, 0.15) is 37.0 Å². The van der Waals surface area contributed by atoms with Crippen molar-refractivity contribution >= 4 is 11.8 Å². The van der Waals surface area contributed by atoms with Crippen molar-refractivity contribution in [2.45, 2.75) is 45.9 Å². The average Bonchev–Trinajstić information content (AvgIpc) is 3.11. The highest BCUT2D eigenvalue weighted by atomic mass is 16.5. The first-order valence-corrected chi connectivity index (χ1v) is 10.3. The third-order valence-electron chi connectivity index (χ3n) is 5.17. The van der Waals surface area contributed by atoms with Gasteiger partial charge in [-0.2, -0.15) is 0 Å². The van der Waals surface area contributed by atoms with Crippen LogP contribution in [-0.2, 0) is 33.9 Å².